The Morgan fingerprint density at radius 2 is 0.667 bits per heavy atom. The van der Waals surface area contributed by atoms with Gasteiger partial charge in [-0.15, -0.1) is 0 Å². The first-order valence-corrected chi connectivity index (χ1v) is 27.4. The molecular formula is C53H107N5O5. The number of rotatable bonds is 52. The Labute approximate surface area is 390 Å². The average Bonchev–Trinajstić information content (AvgIpc) is 3.26. The van der Waals surface area contributed by atoms with Gasteiger partial charge in [0, 0.05) is 58.8 Å². The van der Waals surface area contributed by atoms with E-state index in [1.807, 2.05) is 4.90 Å². The fraction of sp³-hybridized carbons (Fsp3) is 0.943. The van der Waals surface area contributed by atoms with Crippen molar-refractivity contribution in [3.63, 3.8) is 0 Å². The molecule has 1 amide bonds. The van der Waals surface area contributed by atoms with E-state index < -0.39 is 11.9 Å². The number of unbranched alkanes of at least 4 members (excludes halogenated alkanes) is 31. The molecule has 63 heavy (non-hydrogen) atoms. The zero-order chi connectivity index (χ0) is 46.3. The Morgan fingerprint density at radius 1 is 0.349 bits per heavy atom. The Bertz CT molecular complexity index is 967. The van der Waals surface area contributed by atoms with Crippen LogP contribution in [0, 0.1) is 0 Å². The van der Waals surface area contributed by atoms with Gasteiger partial charge in [0.15, 0.2) is 0 Å². The summed E-state index contributed by atoms with van der Waals surface area (Å²) < 4.78 is 0. The second-order valence-corrected chi connectivity index (χ2v) is 19.0. The van der Waals surface area contributed by atoms with E-state index in [4.69, 9.17) is 10.8 Å². The van der Waals surface area contributed by atoms with Crippen LogP contribution in [0.15, 0.2) is 0 Å². The first-order valence-electron chi connectivity index (χ1n) is 27.4. The van der Waals surface area contributed by atoms with Crippen molar-refractivity contribution < 1.29 is 24.6 Å². The highest BCUT2D eigenvalue weighted by Gasteiger charge is 2.19. The molecular weight excluding hydrogens is 787 g/mol. The lowest BCUT2D eigenvalue weighted by molar-refractivity contribution is -0.139. The molecule has 0 aromatic rings. The summed E-state index contributed by atoms with van der Waals surface area (Å²) in [7, 11) is 0. The molecule has 10 nitrogen and oxygen atoms in total. The molecule has 0 saturated heterocycles. The Morgan fingerprint density at radius 3 is 0.984 bits per heavy atom. The lowest BCUT2D eigenvalue weighted by Crippen LogP contribution is -2.46. The molecule has 0 aromatic heterocycles. The summed E-state index contributed by atoms with van der Waals surface area (Å²) >= 11 is 0. The number of carbonyl (C=O) groups is 3. The molecule has 0 aromatic carbocycles. The lowest BCUT2D eigenvalue weighted by Gasteiger charge is -2.30. The van der Waals surface area contributed by atoms with E-state index in [0.717, 1.165) is 52.0 Å². The largest absolute Gasteiger partial charge is 0.481 e. The zero-order valence-corrected chi connectivity index (χ0v) is 42.2. The molecule has 0 radical (unpaired) electrons. The van der Waals surface area contributed by atoms with Crippen LogP contribution >= 0.6 is 0 Å². The van der Waals surface area contributed by atoms with Gasteiger partial charge in [0.05, 0.1) is 13.1 Å². The molecule has 0 aliphatic rings. The molecule has 0 fully saturated rings. The number of nitrogens with zero attached hydrogens (tertiary/aromatic N) is 4. The monoisotopic (exact) mass is 894 g/mol. The number of carboxylic acid groups (broad SMARTS) is 2. The smallest absolute Gasteiger partial charge is 0.317 e. The van der Waals surface area contributed by atoms with Crippen LogP contribution in [0.3, 0.4) is 0 Å². The van der Waals surface area contributed by atoms with Crippen molar-refractivity contribution in [3.8, 4) is 0 Å². The highest BCUT2D eigenvalue weighted by molar-refractivity contribution is 5.78. The second kappa shape index (κ2) is 48.2. The third-order valence-electron chi connectivity index (χ3n) is 13.1. The quantitative estimate of drug-likeness (QED) is 0.0511. The van der Waals surface area contributed by atoms with Crippen molar-refractivity contribution in [2.75, 3.05) is 78.5 Å². The summed E-state index contributed by atoms with van der Waals surface area (Å²) in [5, 5.41) is 18.7. The molecule has 0 unspecified atom stereocenters. The van der Waals surface area contributed by atoms with Crippen LogP contribution in [0.4, 0.5) is 0 Å². The van der Waals surface area contributed by atoms with E-state index in [0.29, 0.717) is 45.7 Å². The number of carbonyl (C=O) groups excluding carboxylic acids is 1. The second-order valence-electron chi connectivity index (χ2n) is 19.0. The van der Waals surface area contributed by atoms with E-state index in [1.165, 1.54) is 193 Å². The van der Waals surface area contributed by atoms with Crippen LogP contribution in [0.5, 0.6) is 0 Å². The van der Waals surface area contributed by atoms with E-state index in [1.54, 1.807) is 0 Å². The maximum Gasteiger partial charge on any atom is 0.317 e. The van der Waals surface area contributed by atoms with Crippen LogP contribution in [0.25, 0.3) is 0 Å². The average molecular weight is 894 g/mol. The van der Waals surface area contributed by atoms with E-state index in [-0.39, 0.29) is 18.9 Å². The van der Waals surface area contributed by atoms with Gasteiger partial charge in [0.2, 0.25) is 5.91 Å². The summed E-state index contributed by atoms with van der Waals surface area (Å²) in [5.41, 5.74) is 6.05. The normalized spacial score (nSPS) is 11.7. The molecule has 4 N–H and O–H groups in total. The summed E-state index contributed by atoms with van der Waals surface area (Å²) in [6.45, 7) is 13.7. The fourth-order valence-electron chi connectivity index (χ4n) is 8.87. The fourth-order valence-corrected chi connectivity index (χ4v) is 8.87. The summed E-state index contributed by atoms with van der Waals surface area (Å²) in [6.07, 6.45) is 44.4. The highest BCUT2D eigenvalue weighted by atomic mass is 16.4. The first-order chi connectivity index (χ1) is 30.8. The van der Waals surface area contributed by atoms with Gasteiger partial charge in [-0.1, -0.05) is 213 Å². The topological polar surface area (TPSA) is 131 Å². The van der Waals surface area contributed by atoms with Gasteiger partial charge >= 0.3 is 11.9 Å². The van der Waals surface area contributed by atoms with Gasteiger partial charge in [-0.25, -0.2) is 0 Å². The van der Waals surface area contributed by atoms with Crippen LogP contribution in [0.1, 0.15) is 245 Å². The van der Waals surface area contributed by atoms with E-state index >= 15 is 0 Å². The molecule has 0 aliphatic carbocycles. The van der Waals surface area contributed by atoms with Gasteiger partial charge in [-0.05, 0) is 38.8 Å². The maximum absolute atomic E-state index is 13.9. The molecule has 0 bridgehead atoms. The minimum atomic E-state index is -0.857. The summed E-state index contributed by atoms with van der Waals surface area (Å²) in [5.74, 6) is -1.45. The molecule has 0 saturated carbocycles. The van der Waals surface area contributed by atoms with E-state index in [9.17, 15) is 19.5 Å². The van der Waals surface area contributed by atoms with Crippen LogP contribution in [0.2, 0.25) is 0 Å². The third-order valence-corrected chi connectivity index (χ3v) is 13.1. The first kappa shape index (κ1) is 61.2. The van der Waals surface area contributed by atoms with Crippen molar-refractivity contribution in [2.45, 2.75) is 245 Å². The Hall–Kier alpha value is -1.75. The van der Waals surface area contributed by atoms with Crippen molar-refractivity contribution in [1.29, 1.82) is 0 Å². The number of aliphatic carboxylic acids is 2. The van der Waals surface area contributed by atoms with Crippen molar-refractivity contribution in [3.05, 3.63) is 0 Å². The maximum atomic E-state index is 13.9. The lowest BCUT2D eigenvalue weighted by atomic mass is 10.0. The van der Waals surface area contributed by atoms with Crippen molar-refractivity contribution in [2.24, 2.45) is 5.73 Å². The van der Waals surface area contributed by atoms with Gasteiger partial charge in [0.25, 0.3) is 0 Å². The van der Waals surface area contributed by atoms with Crippen LogP contribution < -0.4 is 5.73 Å². The SMILES string of the molecule is CCCCCCCCCCCCCCCCCCN(CCCCCCCCCCCCCCCCCC)C(=O)CN(CCN)CCN(CCN(CC)CCCCC(=O)O)CC(=O)O. The molecule has 0 heterocycles. The summed E-state index contributed by atoms with van der Waals surface area (Å²) in [6, 6.07) is 0. The number of carboxylic acids is 2. The molecule has 0 rings (SSSR count). The number of nitrogens with two attached hydrogens (primary N) is 1. The number of likely N-dealkylation sites (N-methyl/N-ethyl adjacent to an activating group) is 1. The minimum Gasteiger partial charge on any atom is -0.481 e. The molecule has 10 heteroatoms. The Kier molecular flexibility index (Phi) is 46.9. The van der Waals surface area contributed by atoms with Gasteiger partial charge in [-0.2, -0.15) is 0 Å². The van der Waals surface area contributed by atoms with Crippen molar-refractivity contribution in [1.82, 2.24) is 19.6 Å². The Balaban J connectivity index is 4.88. The standard InChI is InChI=1S/C53H107N5O5/c1-4-7-9-11-13-15-17-19-21-23-25-27-29-31-33-36-42-58(43-37-34-32-30-28-26-24-22-20-18-16-14-12-10-8-5-2)51(59)49-56(44-40-54)47-48-57(50-53(62)63)46-45-55(6-3)41-38-35-39-52(60)61/h4-50,54H2,1-3H3,(H,60,61)(H,62,63). The van der Waals surface area contributed by atoms with Crippen LogP contribution in [-0.2, 0) is 14.4 Å². The number of amides is 1. The predicted octanol–water partition coefficient (Wildman–Crippen LogP) is 12.6. The van der Waals surface area contributed by atoms with Crippen LogP contribution in [-0.4, -0.2) is 126 Å². The number of hydrogen-bond acceptors (Lipinski definition) is 7. The zero-order valence-electron chi connectivity index (χ0n) is 42.2. The van der Waals surface area contributed by atoms with E-state index in [2.05, 4.69) is 35.5 Å². The molecule has 374 valence electrons. The molecule has 0 spiro atoms. The van der Waals surface area contributed by atoms with Gasteiger partial charge in [-0.3, -0.25) is 24.2 Å². The molecule has 0 aliphatic heterocycles. The predicted molar refractivity (Wildman–Crippen MR) is 269 cm³/mol. The van der Waals surface area contributed by atoms with Gasteiger partial charge in [0.1, 0.15) is 0 Å². The highest BCUT2D eigenvalue weighted by Crippen LogP contribution is 2.16. The minimum absolute atomic E-state index is 0.0500. The third kappa shape index (κ3) is 43.9. The molecule has 0 atom stereocenters. The summed E-state index contributed by atoms with van der Waals surface area (Å²) in [4.78, 5) is 45.1. The van der Waals surface area contributed by atoms with Gasteiger partial charge < -0.3 is 25.7 Å². The van der Waals surface area contributed by atoms with Crippen molar-refractivity contribution >= 4 is 17.8 Å². The number of hydrogen-bond donors (Lipinski definition) is 3.